The Morgan fingerprint density at radius 3 is 3.06 bits per heavy atom. The number of hydrogen-bond acceptors (Lipinski definition) is 5. The first-order valence-electron chi connectivity index (χ1n) is 5.95. The van der Waals surface area contributed by atoms with Crippen molar-refractivity contribution in [1.82, 2.24) is 19.7 Å². The molecule has 18 heavy (non-hydrogen) atoms. The highest BCUT2D eigenvalue weighted by atomic mass is 16.5. The molecule has 0 aromatic carbocycles. The molecule has 0 fully saturated rings. The molecule has 0 aliphatic carbocycles. The predicted octanol–water partition coefficient (Wildman–Crippen LogP) is 1.61. The molecule has 6 nitrogen and oxygen atoms in total. The zero-order valence-electron chi connectivity index (χ0n) is 10.6. The van der Waals surface area contributed by atoms with E-state index in [9.17, 15) is 0 Å². The summed E-state index contributed by atoms with van der Waals surface area (Å²) >= 11 is 0. The SMILES string of the molecule is CCCOc1cccnc1NCc1nncn1C. The van der Waals surface area contributed by atoms with Gasteiger partial charge in [0.25, 0.3) is 0 Å². The fourth-order valence-electron chi connectivity index (χ4n) is 1.48. The van der Waals surface area contributed by atoms with Crippen LogP contribution in [0.1, 0.15) is 19.2 Å². The molecule has 0 radical (unpaired) electrons. The van der Waals surface area contributed by atoms with E-state index in [1.54, 1.807) is 12.5 Å². The van der Waals surface area contributed by atoms with Crippen molar-refractivity contribution >= 4 is 5.82 Å². The van der Waals surface area contributed by atoms with Gasteiger partial charge in [-0.05, 0) is 18.6 Å². The maximum Gasteiger partial charge on any atom is 0.169 e. The monoisotopic (exact) mass is 247 g/mol. The molecule has 0 bridgehead atoms. The summed E-state index contributed by atoms with van der Waals surface area (Å²) in [6.07, 6.45) is 4.37. The second-order valence-electron chi connectivity index (χ2n) is 3.91. The molecule has 2 aromatic heterocycles. The number of nitrogens with zero attached hydrogens (tertiary/aromatic N) is 4. The summed E-state index contributed by atoms with van der Waals surface area (Å²) < 4.78 is 7.48. The van der Waals surface area contributed by atoms with E-state index in [2.05, 4.69) is 27.4 Å². The minimum absolute atomic E-state index is 0.565. The number of pyridine rings is 1. The van der Waals surface area contributed by atoms with Crippen molar-refractivity contribution in [1.29, 1.82) is 0 Å². The molecule has 0 amide bonds. The number of hydrogen-bond donors (Lipinski definition) is 1. The Hall–Kier alpha value is -2.11. The van der Waals surface area contributed by atoms with Crippen LogP contribution < -0.4 is 10.1 Å². The van der Waals surface area contributed by atoms with Gasteiger partial charge in [-0.25, -0.2) is 4.98 Å². The van der Waals surface area contributed by atoms with Crippen molar-refractivity contribution in [3.8, 4) is 5.75 Å². The van der Waals surface area contributed by atoms with Crippen LogP contribution in [0.4, 0.5) is 5.82 Å². The van der Waals surface area contributed by atoms with Crippen LogP contribution in [0.2, 0.25) is 0 Å². The summed E-state index contributed by atoms with van der Waals surface area (Å²) in [6.45, 7) is 3.32. The Bertz CT molecular complexity index is 497. The quantitative estimate of drug-likeness (QED) is 0.840. The van der Waals surface area contributed by atoms with Gasteiger partial charge in [-0.1, -0.05) is 6.92 Å². The van der Waals surface area contributed by atoms with E-state index in [-0.39, 0.29) is 0 Å². The lowest BCUT2D eigenvalue weighted by molar-refractivity contribution is 0.317. The first kappa shape index (κ1) is 12.3. The first-order valence-corrected chi connectivity index (χ1v) is 5.95. The van der Waals surface area contributed by atoms with Crippen molar-refractivity contribution in [3.05, 3.63) is 30.5 Å². The summed E-state index contributed by atoms with van der Waals surface area (Å²) in [5, 5.41) is 11.0. The smallest absolute Gasteiger partial charge is 0.169 e. The van der Waals surface area contributed by atoms with Gasteiger partial charge in [-0.15, -0.1) is 10.2 Å². The van der Waals surface area contributed by atoms with Gasteiger partial charge in [-0.2, -0.15) is 0 Å². The van der Waals surface area contributed by atoms with Gasteiger partial charge in [0.2, 0.25) is 0 Å². The normalized spacial score (nSPS) is 10.3. The van der Waals surface area contributed by atoms with Crippen LogP contribution in [0.25, 0.3) is 0 Å². The maximum atomic E-state index is 5.62. The molecule has 2 rings (SSSR count). The van der Waals surface area contributed by atoms with E-state index in [1.807, 2.05) is 23.7 Å². The van der Waals surface area contributed by atoms with Crippen LogP contribution in [0, 0.1) is 0 Å². The van der Waals surface area contributed by atoms with Crippen LogP contribution in [0.5, 0.6) is 5.75 Å². The fourth-order valence-corrected chi connectivity index (χ4v) is 1.48. The molecule has 96 valence electrons. The number of nitrogens with one attached hydrogen (secondary N) is 1. The summed E-state index contributed by atoms with van der Waals surface area (Å²) in [5.41, 5.74) is 0. The molecule has 6 heteroatoms. The lowest BCUT2D eigenvalue weighted by Crippen LogP contribution is -2.08. The topological polar surface area (TPSA) is 64.9 Å². The molecule has 0 spiro atoms. The lowest BCUT2D eigenvalue weighted by Gasteiger charge is -2.11. The van der Waals surface area contributed by atoms with Gasteiger partial charge in [0.1, 0.15) is 6.33 Å². The van der Waals surface area contributed by atoms with Crippen molar-refractivity contribution in [2.45, 2.75) is 19.9 Å². The Balaban J connectivity index is 2.02. The van der Waals surface area contributed by atoms with Crippen molar-refractivity contribution in [3.63, 3.8) is 0 Å². The van der Waals surface area contributed by atoms with Gasteiger partial charge >= 0.3 is 0 Å². The van der Waals surface area contributed by atoms with Crippen molar-refractivity contribution in [2.24, 2.45) is 7.05 Å². The van der Waals surface area contributed by atoms with Crippen LogP contribution >= 0.6 is 0 Å². The Labute approximate surface area is 106 Å². The van der Waals surface area contributed by atoms with Crippen LogP contribution in [-0.2, 0) is 13.6 Å². The Kier molecular flexibility index (Phi) is 4.11. The minimum Gasteiger partial charge on any atom is -0.490 e. The van der Waals surface area contributed by atoms with Gasteiger partial charge < -0.3 is 14.6 Å². The van der Waals surface area contributed by atoms with E-state index in [4.69, 9.17) is 4.74 Å². The molecule has 0 saturated heterocycles. The van der Waals surface area contributed by atoms with Crippen molar-refractivity contribution in [2.75, 3.05) is 11.9 Å². The molecule has 0 atom stereocenters. The molecule has 0 aliphatic heterocycles. The summed E-state index contributed by atoms with van der Waals surface area (Å²) in [5.74, 6) is 2.34. The largest absolute Gasteiger partial charge is 0.490 e. The van der Waals surface area contributed by atoms with E-state index < -0.39 is 0 Å². The number of aryl methyl sites for hydroxylation is 1. The van der Waals surface area contributed by atoms with Gasteiger partial charge in [-0.3, -0.25) is 0 Å². The molecule has 0 unspecified atom stereocenters. The van der Waals surface area contributed by atoms with Crippen molar-refractivity contribution < 1.29 is 4.74 Å². The molecule has 2 heterocycles. The zero-order valence-corrected chi connectivity index (χ0v) is 10.6. The number of anilines is 1. The molecule has 2 aromatic rings. The predicted molar refractivity (Wildman–Crippen MR) is 68.4 cm³/mol. The number of rotatable bonds is 6. The Morgan fingerprint density at radius 1 is 1.44 bits per heavy atom. The van der Waals surface area contributed by atoms with Crippen LogP contribution in [0.15, 0.2) is 24.7 Å². The third-order valence-corrected chi connectivity index (χ3v) is 2.45. The third-order valence-electron chi connectivity index (χ3n) is 2.45. The number of aromatic nitrogens is 4. The van der Waals surface area contributed by atoms with E-state index in [0.717, 1.165) is 23.8 Å². The average molecular weight is 247 g/mol. The summed E-state index contributed by atoms with van der Waals surface area (Å²) in [4.78, 5) is 4.27. The maximum absolute atomic E-state index is 5.62. The molecule has 1 N–H and O–H groups in total. The number of ether oxygens (including phenoxy) is 1. The summed E-state index contributed by atoms with van der Waals surface area (Å²) in [7, 11) is 1.91. The first-order chi connectivity index (χ1) is 8.81. The lowest BCUT2D eigenvalue weighted by atomic mass is 10.4. The van der Waals surface area contributed by atoms with E-state index in [0.29, 0.717) is 13.2 Å². The molecule has 0 aliphatic rings. The second kappa shape index (κ2) is 6.00. The Morgan fingerprint density at radius 2 is 2.33 bits per heavy atom. The summed E-state index contributed by atoms with van der Waals surface area (Å²) in [6, 6.07) is 3.76. The zero-order chi connectivity index (χ0) is 12.8. The standard InChI is InChI=1S/C12H17N5O/c1-3-7-18-10-5-4-6-13-12(10)14-8-11-16-15-9-17(11)2/h4-6,9H,3,7-8H2,1-2H3,(H,13,14). The van der Waals surface area contributed by atoms with Gasteiger partial charge in [0.15, 0.2) is 17.4 Å². The highest BCUT2D eigenvalue weighted by molar-refractivity contribution is 5.49. The van der Waals surface area contributed by atoms with Gasteiger partial charge in [0.05, 0.1) is 13.2 Å². The van der Waals surface area contributed by atoms with Crippen LogP contribution in [-0.4, -0.2) is 26.4 Å². The average Bonchev–Trinajstić information content (AvgIpc) is 2.80. The second-order valence-corrected chi connectivity index (χ2v) is 3.91. The molecule has 0 saturated carbocycles. The third kappa shape index (κ3) is 2.97. The van der Waals surface area contributed by atoms with Crippen LogP contribution in [0.3, 0.4) is 0 Å². The molecular weight excluding hydrogens is 230 g/mol. The minimum atomic E-state index is 0.565. The highest BCUT2D eigenvalue weighted by Crippen LogP contribution is 2.21. The fraction of sp³-hybridized carbons (Fsp3) is 0.417. The van der Waals surface area contributed by atoms with Gasteiger partial charge in [0, 0.05) is 13.2 Å². The molecular formula is C12H17N5O. The van der Waals surface area contributed by atoms with E-state index >= 15 is 0 Å². The highest BCUT2D eigenvalue weighted by Gasteiger charge is 2.06. The van der Waals surface area contributed by atoms with E-state index in [1.165, 1.54) is 0 Å².